The first-order chi connectivity index (χ1) is 13.8. The lowest BCUT2D eigenvalue weighted by Gasteiger charge is -2.23. The Labute approximate surface area is 172 Å². The van der Waals surface area contributed by atoms with Crippen LogP contribution in [0.1, 0.15) is 48.7 Å². The van der Waals surface area contributed by atoms with Gasteiger partial charge < -0.3 is 15.2 Å². The predicted molar refractivity (Wildman–Crippen MR) is 117 cm³/mol. The molecule has 3 aromatic carbocycles. The van der Waals surface area contributed by atoms with E-state index in [0.29, 0.717) is 22.6 Å². The molecule has 0 aliphatic carbocycles. The normalized spacial score (nSPS) is 11.2. The first-order valence-electron chi connectivity index (χ1n) is 9.78. The minimum absolute atomic E-state index is 0.0725. The summed E-state index contributed by atoms with van der Waals surface area (Å²) in [6, 6.07) is 20.3. The second-order valence-corrected chi connectivity index (χ2v) is 7.82. The molecule has 1 amide bonds. The summed E-state index contributed by atoms with van der Waals surface area (Å²) < 4.78 is 5.93. The van der Waals surface area contributed by atoms with E-state index in [9.17, 15) is 9.90 Å². The summed E-state index contributed by atoms with van der Waals surface area (Å²) in [4.78, 5) is 12.6. The van der Waals surface area contributed by atoms with Crippen molar-refractivity contribution < 1.29 is 14.6 Å². The van der Waals surface area contributed by atoms with Gasteiger partial charge in [0.1, 0.15) is 17.2 Å². The summed E-state index contributed by atoms with van der Waals surface area (Å²) in [5.74, 6) is 1.06. The van der Waals surface area contributed by atoms with Gasteiger partial charge in [-0.15, -0.1) is 0 Å². The van der Waals surface area contributed by atoms with Gasteiger partial charge >= 0.3 is 0 Å². The van der Waals surface area contributed by atoms with E-state index in [1.54, 1.807) is 43.3 Å². The Balaban J connectivity index is 1.74. The molecule has 0 heterocycles. The van der Waals surface area contributed by atoms with Crippen molar-refractivity contribution in [2.75, 3.05) is 5.32 Å². The smallest absolute Gasteiger partial charge is 0.255 e. The van der Waals surface area contributed by atoms with Crippen LogP contribution in [0.15, 0.2) is 66.7 Å². The Kier molecular flexibility index (Phi) is 5.92. The van der Waals surface area contributed by atoms with Gasteiger partial charge in [-0.25, -0.2) is 0 Å². The number of phenolic OH excluding ortho intramolecular Hbond substituents is 1. The monoisotopic (exact) mass is 389 g/mol. The first kappa shape index (κ1) is 20.5. The Morgan fingerprint density at radius 1 is 1.00 bits per heavy atom. The molecule has 0 atom stereocenters. The van der Waals surface area contributed by atoms with Crippen LogP contribution in [0.4, 0.5) is 5.69 Å². The van der Waals surface area contributed by atoms with Gasteiger partial charge in [0.05, 0.1) is 5.69 Å². The maximum Gasteiger partial charge on any atom is 0.255 e. The molecule has 4 heteroatoms. The van der Waals surface area contributed by atoms with Crippen molar-refractivity contribution in [1.29, 1.82) is 0 Å². The molecule has 0 saturated heterocycles. The highest BCUT2D eigenvalue weighted by Crippen LogP contribution is 2.30. The van der Waals surface area contributed by atoms with Gasteiger partial charge in [-0.2, -0.15) is 0 Å². The second kappa shape index (κ2) is 8.39. The highest BCUT2D eigenvalue weighted by Gasteiger charge is 2.17. The van der Waals surface area contributed by atoms with Crippen molar-refractivity contribution in [2.45, 2.75) is 39.5 Å². The number of carbonyl (C=O) groups is 1. The van der Waals surface area contributed by atoms with E-state index in [1.807, 2.05) is 18.2 Å². The van der Waals surface area contributed by atoms with Crippen LogP contribution in [0, 0.1) is 6.92 Å². The van der Waals surface area contributed by atoms with E-state index in [-0.39, 0.29) is 17.1 Å². The standard InChI is InChI=1S/C25H27NO3/c1-5-25(3,4)19-12-14-20(15-13-19)29-21-10-7-9-18(16-21)24(28)26-22-11-6-8-17(2)23(22)27/h6-16,27H,5H2,1-4H3,(H,26,28). The number of ether oxygens (including phenoxy) is 1. The van der Waals surface area contributed by atoms with Gasteiger partial charge in [-0.1, -0.05) is 51.1 Å². The van der Waals surface area contributed by atoms with Gasteiger partial charge in [0.25, 0.3) is 5.91 Å². The molecule has 4 nitrogen and oxygen atoms in total. The number of hydrogen-bond acceptors (Lipinski definition) is 3. The Morgan fingerprint density at radius 3 is 2.38 bits per heavy atom. The lowest BCUT2D eigenvalue weighted by molar-refractivity contribution is 0.102. The van der Waals surface area contributed by atoms with E-state index in [4.69, 9.17) is 4.74 Å². The number of amides is 1. The van der Waals surface area contributed by atoms with E-state index < -0.39 is 0 Å². The zero-order valence-electron chi connectivity index (χ0n) is 17.3. The number of anilines is 1. The predicted octanol–water partition coefficient (Wildman–Crippen LogP) is 6.43. The molecule has 0 saturated carbocycles. The van der Waals surface area contributed by atoms with Gasteiger partial charge in [-0.05, 0) is 66.3 Å². The van der Waals surface area contributed by atoms with Crippen LogP contribution in [-0.4, -0.2) is 11.0 Å². The molecule has 29 heavy (non-hydrogen) atoms. The first-order valence-corrected chi connectivity index (χ1v) is 9.78. The van der Waals surface area contributed by atoms with Crippen molar-refractivity contribution >= 4 is 11.6 Å². The fourth-order valence-corrected chi connectivity index (χ4v) is 2.97. The number of aromatic hydroxyl groups is 1. The molecular weight excluding hydrogens is 362 g/mol. The summed E-state index contributed by atoms with van der Waals surface area (Å²) >= 11 is 0. The third kappa shape index (κ3) is 4.77. The van der Waals surface area contributed by atoms with Crippen LogP contribution in [0.5, 0.6) is 17.2 Å². The van der Waals surface area contributed by atoms with Crippen LogP contribution in [-0.2, 0) is 5.41 Å². The molecule has 3 rings (SSSR count). The molecule has 0 bridgehead atoms. The number of hydrogen-bond donors (Lipinski definition) is 2. The van der Waals surface area contributed by atoms with Gasteiger partial charge in [0.15, 0.2) is 0 Å². The Hall–Kier alpha value is -3.27. The van der Waals surface area contributed by atoms with E-state index in [1.165, 1.54) is 5.56 Å². The minimum atomic E-state index is -0.309. The highest BCUT2D eigenvalue weighted by molar-refractivity contribution is 6.05. The maximum absolute atomic E-state index is 12.6. The van der Waals surface area contributed by atoms with Crippen LogP contribution in [0.3, 0.4) is 0 Å². The molecule has 0 aliphatic rings. The molecule has 0 fully saturated rings. The Morgan fingerprint density at radius 2 is 1.69 bits per heavy atom. The number of aryl methyl sites for hydroxylation is 1. The Bertz CT molecular complexity index is 1010. The lowest BCUT2D eigenvalue weighted by atomic mass is 9.82. The zero-order chi connectivity index (χ0) is 21.0. The molecule has 3 aromatic rings. The third-order valence-corrected chi connectivity index (χ3v) is 5.34. The highest BCUT2D eigenvalue weighted by atomic mass is 16.5. The maximum atomic E-state index is 12.6. The van der Waals surface area contributed by atoms with Crippen molar-refractivity contribution in [3.05, 3.63) is 83.4 Å². The topological polar surface area (TPSA) is 58.6 Å². The third-order valence-electron chi connectivity index (χ3n) is 5.34. The van der Waals surface area contributed by atoms with Crippen LogP contribution in [0.25, 0.3) is 0 Å². The number of rotatable bonds is 6. The van der Waals surface area contributed by atoms with Crippen LogP contribution < -0.4 is 10.1 Å². The quantitative estimate of drug-likeness (QED) is 0.477. The van der Waals surface area contributed by atoms with Crippen LogP contribution in [0.2, 0.25) is 0 Å². The van der Waals surface area contributed by atoms with Gasteiger partial charge in [-0.3, -0.25) is 4.79 Å². The summed E-state index contributed by atoms with van der Waals surface area (Å²) in [7, 11) is 0. The summed E-state index contributed by atoms with van der Waals surface area (Å²) in [5.41, 5.74) is 2.92. The molecule has 0 aromatic heterocycles. The summed E-state index contributed by atoms with van der Waals surface area (Å²) in [6.45, 7) is 8.40. The molecule has 0 aliphatic heterocycles. The van der Waals surface area contributed by atoms with E-state index in [2.05, 4.69) is 38.2 Å². The molecule has 0 spiro atoms. The second-order valence-electron chi connectivity index (χ2n) is 7.82. The zero-order valence-corrected chi connectivity index (χ0v) is 17.3. The molecular formula is C25H27NO3. The summed E-state index contributed by atoms with van der Waals surface area (Å²) in [5, 5.41) is 12.8. The minimum Gasteiger partial charge on any atom is -0.505 e. The lowest BCUT2D eigenvalue weighted by Crippen LogP contribution is -2.14. The summed E-state index contributed by atoms with van der Waals surface area (Å²) in [6.07, 6.45) is 1.06. The fraction of sp³-hybridized carbons (Fsp3) is 0.240. The van der Waals surface area contributed by atoms with Crippen molar-refractivity contribution in [3.8, 4) is 17.2 Å². The number of benzene rings is 3. The SMILES string of the molecule is CCC(C)(C)c1ccc(Oc2cccc(C(=O)Nc3cccc(C)c3O)c2)cc1. The van der Waals surface area contributed by atoms with Gasteiger partial charge in [0.2, 0.25) is 0 Å². The fourth-order valence-electron chi connectivity index (χ4n) is 2.97. The van der Waals surface area contributed by atoms with Crippen molar-refractivity contribution in [3.63, 3.8) is 0 Å². The molecule has 150 valence electrons. The number of nitrogens with one attached hydrogen (secondary N) is 1. The average molecular weight is 389 g/mol. The largest absolute Gasteiger partial charge is 0.505 e. The number of carbonyl (C=O) groups excluding carboxylic acids is 1. The van der Waals surface area contributed by atoms with Gasteiger partial charge in [0, 0.05) is 5.56 Å². The molecule has 2 N–H and O–H groups in total. The number of phenols is 1. The van der Waals surface area contributed by atoms with E-state index >= 15 is 0 Å². The average Bonchev–Trinajstić information content (AvgIpc) is 2.72. The molecule has 0 radical (unpaired) electrons. The van der Waals surface area contributed by atoms with Crippen molar-refractivity contribution in [2.24, 2.45) is 0 Å². The van der Waals surface area contributed by atoms with Crippen LogP contribution >= 0.6 is 0 Å². The van der Waals surface area contributed by atoms with E-state index in [0.717, 1.165) is 12.2 Å². The number of para-hydroxylation sites is 1. The molecule has 0 unspecified atom stereocenters. The van der Waals surface area contributed by atoms with Crippen molar-refractivity contribution in [1.82, 2.24) is 0 Å².